The maximum Gasteiger partial charge on any atom is 0.331 e. The standard InChI is InChI=1S/C20H20N4O3/c1-20(2)15-7-5-6-8-16(15)23(4)17(20)9-14(25)12-24-18(26)13(10-21)11-22(3)19(24)27/h5-9,11H,12H2,1-4H3/b17-9-. The van der Waals surface area contributed by atoms with E-state index in [1.165, 1.54) is 19.3 Å². The van der Waals surface area contributed by atoms with Gasteiger partial charge in [-0.15, -0.1) is 0 Å². The Balaban J connectivity index is 2.01. The number of benzene rings is 1. The minimum Gasteiger partial charge on any atom is -0.347 e. The average Bonchev–Trinajstić information content (AvgIpc) is 2.83. The second-order valence-corrected chi connectivity index (χ2v) is 7.14. The number of nitriles is 1. The molecule has 3 rings (SSSR count). The summed E-state index contributed by atoms with van der Waals surface area (Å²) in [7, 11) is 3.32. The van der Waals surface area contributed by atoms with Crippen LogP contribution in [0.1, 0.15) is 25.0 Å². The first kappa shape index (κ1) is 18.4. The number of fused-ring (bicyclic) bond motifs is 1. The lowest BCUT2D eigenvalue weighted by atomic mass is 9.83. The molecule has 27 heavy (non-hydrogen) atoms. The van der Waals surface area contributed by atoms with Crippen LogP contribution < -0.4 is 16.1 Å². The van der Waals surface area contributed by atoms with Crippen molar-refractivity contribution in [2.24, 2.45) is 7.05 Å². The Morgan fingerprint density at radius 2 is 1.89 bits per heavy atom. The van der Waals surface area contributed by atoms with Crippen molar-refractivity contribution in [1.29, 1.82) is 5.26 Å². The number of carbonyl (C=O) groups excluding carboxylic acids is 1. The largest absolute Gasteiger partial charge is 0.347 e. The molecule has 0 spiro atoms. The van der Waals surface area contributed by atoms with Gasteiger partial charge in [-0.3, -0.25) is 14.2 Å². The molecule has 138 valence electrons. The van der Waals surface area contributed by atoms with Gasteiger partial charge < -0.3 is 9.47 Å². The summed E-state index contributed by atoms with van der Waals surface area (Å²) >= 11 is 0. The molecular weight excluding hydrogens is 344 g/mol. The zero-order valence-electron chi connectivity index (χ0n) is 15.7. The fourth-order valence-electron chi connectivity index (χ4n) is 3.56. The first-order chi connectivity index (χ1) is 12.7. The topological polar surface area (TPSA) is 88.1 Å². The normalized spacial score (nSPS) is 16.3. The second kappa shape index (κ2) is 6.40. The van der Waals surface area contributed by atoms with Gasteiger partial charge in [0.1, 0.15) is 11.6 Å². The van der Waals surface area contributed by atoms with Crippen LogP contribution in [0.4, 0.5) is 5.69 Å². The molecule has 2 heterocycles. The summed E-state index contributed by atoms with van der Waals surface area (Å²) in [5.74, 6) is -0.382. The van der Waals surface area contributed by atoms with Crippen LogP contribution in [0.15, 0.2) is 51.8 Å². The SMILES string of the molecule is CN1/C(=C\C(=O)Cn2c(=O)c(C#N)cn(C)c2=O)C(C)(C)c2ccccc21. The quantitative estimate of drug-likeness (QED) is 0.766. The van der Waals surface area contributed by atoms with E-state index in [4.69, 9.17) is 5.26 Å². The third-order valence-electron chi connectivity index (χ3n) is 5.00. The fraction of sp³-hybridized carbons (Fsp3) is 0.300. The zero-order chi connectivity index (χ0) is 19.9. The molecule has 0 atom stereocenters. The Morgan fingerprint density at radius 3 is 2.52 bits per heavy atom. The third-order valence-corrected chi connectivity index (χ3v) is 5.00. The second-order valence-electron chi connectivity index (χ2n) is 7.14. The van der Waals surface area contributed by atoms with E-state index in [9.17, 15) is 14.4 Å². The van der Waals surface area contributed by atoms with Crippen LogP contribution in [-0.2, 0) is 23.8 Å². The van der Waals surface area contributed by atoms with Crippen LogP contribution in [-0.4, -0.2) is 22.0 Å². The number of aryl methyl sites for hydroxylation is 1. The van der Waals surface area contributed by atoms with Gasteiger partial charge in [0.05, 0.1) is 6.54 Å². The van der Waals surface area contributed by atoms with Crippen LogP contribution in [0.3, 0.4) is 0 Å². The molecule has 7 heteroatoms. The Morgan fingerprint density at radius 1 is 1.22 bits per heavy atom. The Bertz CT molecular complexity index is 1130. The van der Waals surface area contributed by atoms with Gasteiger partial charge in [-0.05, 0) is 11.6 Å². The van der Waals surface area contributed by atoms with Crippen LogP contribution in [0.25, 0.3) is 0 Å². The number of carbonyl (C=O) groups is 1. The monoisotopic (exact) mass is 364 g/mol. The lowest BCUT2D eigenvalue weighted by molar-refractivity contribution is -0.115. The van der Waals surface area contributed by atoms with Gasteiger partial charge in [0.2, 0.25) is 0 Å². The Kier molecular flexibility index (Phi) is 4.36. The number of ketones is 1. The van der Waals surface area contributed by atoms with Gasteiger partial charge in [-0.25, -0.2) is 4.79 Å². The summed E-state index contributed by atoms with van der Waals surface area (Å²) in [5.41, 5.74) is 0.957. The highest BCUT2D eigenvalue weighted by molar-refractivity contribution is 5.92. The minimum atomic E-state index is -0.755. The van der Waals surface area contributed by atoms with Gasteiger partial charge in [-0.1, -0.05) is 32.0 Å². The molecule has 7 nitrogen and oxygen atoms in total. The Hall–Kier alpha value is -3.40. The predicted octanol–water partition coefficient (Wildman–Crippen LogP) is 1.30. The summed E-state index contributed by atoms with van der Waals surface area (Å²) in [4.78, 5) is 39.1. The highest BCUT2D eigenvalue weighted by atomic mass is 16.2. The van der Waals surface area contributed by atoms with Crippen molar-refractivity contribution in [3.05, 3.63) is 74.2 Å². The van der Waals surface area contributed by atoms with Gasteiger partial charge >= 0.3 is 5.69 Å². The molecule has 0 fully saturated rings. The number of aromatic nitrogens is 2. The van der Waals surface area contributed by atoms with E-state index in [0.29, 0.717) is 0 Å². The number of hydrogen-bond donors (Lipinski definition) is 0. The van der Waals surface area contributed by atoms with E-state index in [0.717, 1.165) is 26.1 Å². The molecule has 0 radical (unpaired) electrons. The van der Waals surface area contributed by atoms with Crippen molar-refractivity contribution in [3.8, 4) is 6.07 Å². The number of para-hydroxylation sites is 1. The molecule has 0 aliphatic carbocycles. The van der Waals surface area contributed by atoms with Crippen LogP contribution in [0.2, 0.25) is 0 Å². The first-order valence-electron chi connectivity index (χ1n) is 8.47. The van der Waals surface area contributed by atoms with Crippen LogP contribution in [0, 0.1) is 11.3 Å². The van der Waals surface area contributed by atoms with Crippen molar-refractivity contribution < 1.29 is 4.79 Å². The molecule has 1 aliphatic heterocycles. The van der Waals surface area contributed by atoms with E-state index in [2.05, 4.69) is 0 Å². The summed E-state index contributed by atoms with van der Waals surface area (Å²) in [5, 5.41) is 9.04. The van der Waals surface area contributed by atoms with E-state index < -0.39 is 17.8 Å². The number of hydrogen-bond acceptors (Lipinski definition) is 5. The first-order valence-corrected chi connectivity index (χ1v) is 8.47. The molecule has 2 aromatic rings. The molecule has 0 saturated heterocycles. The van der Waals surface area contributed by atoms with E-state index in [-0.39, 0.29) is 16.8 Å². The van der Waals surface area contributed by atoms with Gasteiger partial charge in [0.25, 0.3) is 5.56 Å². The number of allylic oxidation sites excluding steroid dienone is 2. The van der Waals surface area contributed by atoms with Crippen molar-refractivity contribution in [1.82, 2.24) is 9.13 Å². The fourth-order valence-corrected chi connectivity index (χ4v) is 3.56. The molecular formula is C20H20N4O3. The predicted molar refractivity (Wildman–Crippen MR) is 102 cm³/mol. The smallest absolute Gasteiger partial charge is 0.331 e. The van der Waals surface area contributed by atoms with Crippen molar-refractivity contribution >= 4 is 11.5 Å². The molecule has 1 aromatic heterocycles. The van der Waals surface area contributed by atoms with Gasteiger partial charge in [0, 0.05) is 43.2 Å². The molecule has 0 saturated carbocycles. The van der Waals surface area contributed by atoms with E-state index in [1.54, 1.807) is 6.07 Å². The summed E-state index contributed by atoms with van der Waals surface area (Å²) in [6, 6.07) is 9.65. The summed E-state index contributed by atoms with van der Waals surface area (Å²) < 4.78 is 1.93. The molecule has 1 aliphatic rings. The highest BCUT2D eigenvalue weighted by Gasteiger charge is 2.38. The summed E-state index contributed by atoms with van der Waals surface area (Å²) in [6.45, 7) is 3.64. The number of likely N-dealkylation sites (N-methyl/N-ethyl adjacent to an activating group) is 1. The van der Waals surface area contributed by atoms with Crippen molar-refractivity contribution in [3.63, 3.8) is 0 Å². The van der Waals surface area contributed by atoms with E-state index >= 15 is 0 Å². The van der Waals surface area contributed by atoms with E-state index in [1.807, 2.05) is 50.1 Å². The maximum atomic E-state index is 12.7. The molecule has 1 aromatic carbocycles. The van der Waals surface area contributed by atoms with Crippen LogP contribution >= 0.6 is 0 Å². The number of anilines is 1. The third kappa shape index (κ3) is 2.89. The molecule has 0 bridgehead atoms. The maximum absolute atomic E-state index is 12.7. The van der Waals surface area contributed by atoms with Crippen LogP contribution in [0.5, 0.6) is 0 Å². The average molecular weight is 364 g/mol. The van der Waals surface area contributed by atoms with Gasteiger partial charge in [-0.2, -0.15) is 5.26 Å². The minimum absolute atomic E-state index is 0.178. The van der Waals surface area contributed by atoms with Crippen molar-refractivity contribution in [2.45, 2.75) is 25.8 Å². The number of nitrogens with zero attached hydrogens (tertiary/aromatic N) is 4. The molecule has 0 N–H and O–H groups in total. The molecule has 0 amide bonds. The molecule has 0 unspecified atom stereocenters. The zero-order valence-corrected chi connectivity index (χ0v) is 15.7. The van der Waals surface area contributed by atoms with Gasteiger partial charge in [0.15, 0.2) is 5.78 Å². The lowest BCUT2D eigenvalue weighted by Crippen LogP contribution is -2.41. The lowest BCUT2D eigenvalue weighted by Gasteiger charge is -2.24. The highest BCUT2D eigenvalue weighted by Crippen LogP contribution is 2.46. The number of rotatable bonds is 3. The Labute approximate surface area is 156 Å². The van der Waals surface area contributed by atoms with Crippen molar-refractivity contribution in [2.75, 3.05) is 11.9 Å². The summed E-state index contributed by atoms with van der Waals surface area (Å²) in [6.07, 6.45) is 2.65.